The van der Waals surface area contributed by atoms with Crippen LogP contribution < -0.4 is 9.47 Å². The molecule has 2 aromatic carbocycles. The average molecular weight is 637 g/mol. The lowest BCUT2D eigenvalue weighted by Gasteiger charge is -2.44. The van der Waals surface area contributed by atoms with Crippen molar-refractivity contribution < 1.29 is 32.2 Å². The second-order valence-electron chi connectivity index (χ2n) is 13.8. The van der Waals surface area contributed by atoms with Crippen LogP contribution >= 0.6 is 0 Å². The Labute approximate surface area is 269 Å². The summed E-state index contributed by atoms with van der Waals surface area (Å²) in [5, 5.41) is 0. The first-order valence-corrected chi connectivity index (χ1v) is 15.8. The molecule has 46 heavy (non-hydrogen) atoms. The number of carbonyl (C=O) groups is 1. The third-order valence-electron chi connectivity index (χ3n) is 8.12. The van der Waals surface area contributed by atoms with Crippen LogP contribution in [0.3, 0.4) is 0 Å². The zero-order chi connectivity index (χ0) is 33.2. The minimum Gasteiger partial charge on any atom is -0.492 e. The van der Waals surface area contributed by atoms with Gasteiger partial charge in [-0.05, 0) is 95.2 Å². The van der Waals surface area contributed by atoms with Crippen molar-refractivity contribution >= 4 is 11.5 Å². The molecule has 1 aliphatic heterocycles. The quantitative estimate of drug-likeness (QED) is 0.156. The summed E-state index contributed by atoms with van der Waals surface area (Å²) >= 11 is 0. The Kier molecular flexibility index (Phi) is 9.82. The van der Waals surface area contributed by atoms with Gasteiger partial charge in [-0.15, -0.1) is 0 Å². The summed E-state index contributed by atoms with van der Waals surface area (Å²) in [7, 11) is 0. The number of hydrogen-bond donors (Lipinski definition) is 0. The van der Waals surface area contributed by atoms with E-state index in [1.165, 1.54) is 32.2 Å². The summed E-state index contributed by atoms with van der Waals surface area (Å²) < 4.78 is 63.6. The van der Waals surface area contributed by atoms with Crippen molar-refractivity contribution in [3.8, 4) is 11.5 Å². The Bertz CT molecular complexity index is 1570. The largest absolute Gasteiger partial charge is 0.492 e. The van der Waals surface area contributed by atoms with E-state index in [1.807, 2.05) is 50.8 Å². The lowest BCUT2D eigenvalue weighted by molar-refractivity contribution is -0.155. The van der Waals surface area contributed by atoms with Gasteiger partial charge in [-0.2, -0.15) is 0 Å². The molecule has 0 radical (unpaired) electrons. The van der Waals surface area contributed by atoms with E-state index >= 15 is 13.2 Å². The van der Waals surface area contributed by atoms with Gasteiger partial charge in [0.25, 0.3) is 0 Å². The highest BCUT2D eigenvalue weighted by atomic mass is 19.1. The minimum atomic E-state index is -1.56. The van der Waals surface area contributed by atoms with Crippen molar-refractivity contribution in [3.05, 3.63) is 94.3 Å². The van der Waals surface area contributed by atoms with Crippen molar-refractivity contribution in [3.63, 3.8) is 0 Å². The van der Waals surface area contributed by atoms with Crippen molar-refractivity contribution in [2.45, 2.75) is 97.2 Å². The molecule has 0 N–H and O–H groups in total. The molecule has 246 valence electrons. The van der Waals surface area contributed by atoms with Gasteiger partial charge in [-0.1, -0.05) is 24.3 Å². The third kappa shape index (κ3) is 8.10. The summed E-state index contributed by atoms with van der Waals surface area (Å²) in [6, 6.07) is 13.0. The van der Waals surface area contributed by atoms with E-state index in [2.05, 4.69) is 11.1 Å². The van der Waals surface area contributed by atoms with Gasteiger partial charge in [0.2, 0.25) is 0 Å². The van der Waals surface area contributed by atoms with Crippen LogP contribution in [-0.2, 0) is 22.6 Å². The van der Waals surface area contributed by atoms with E-state index in [4.69, 9.17) is 14.2 Å². The fraction of sp³-hybridized carbons (Fsp3) is 0.459. The van der Waals surface area contributed by atoms with E-state index in [-0.39, 0.29) is 42.9 Å². The van der Waals surface area contributed by atoms with Crippen LogP contribution in [-0.4, -0.2) is 46.3 Å². The Morgan fingerprint density at radius 3 is 2.37 bits per heavy atom. The minimum absolute atomic E-state index is 0.00953. The standard InChI is InChI=1S/C37H43F3N2O4/c1-23-16-29-28-11-8-7-10-24(28)17-30(29)35(42(23)22-37(5,6)40)34-31(38)18-27(19-32(34)39)45-21-25-13-14-26(20-41-25)44-15-9-12-33(43)46-36(2,3)4/h7-8,10-11,13-14,18-20,23,35H,9,12,15-17,21-22H2,1-6H3/t23-,35+/m1/s1. The predicted octanol–water partition coefficient (Wildman–Crippen LogP) is 8.33. The number of fused-ring (bicyclic) bond motifs is 2. The highest BCUT2D eigenvalue weighted by molar-refractivity contribution is 5.79. The average Bonchev–Trinajstić information content (AvgIpc) is 3.32. The van der Waals surface area contributed by atoms with Crippen molar-refractivity contribution in [1.82, 2.24) is 9.88 Å². The molecular formula is C37H43F3N2O4. The van der Waals surface area contributed by atoms with Crippen molar-refractivity contribution in [2.75, 3.05) is 13.2 Å². The maximum absolute atomic E-state index is 15.9. The van der Waals surface area contributed by atoms with Crippen LogP contribution in [0.25, 0.3) is 5.57 Å². The monoisotopic (exact) mass is 636 g/mol. The SMILES string of the molecule is C[C@@H]1CC2=C(Cc3ccccc32)[C@@H](c2c(F)cc(OCc3ccc(OCCCC(=O)OC(C)(C)C)cn3)cc2F)N1CC(C)(C)F. The number of pyridine rings is 1. The van der Waals surface area contributed by atoms with E-state index < -0.39 is 28.9 Å². The topological polar surface area (TPSA) is 60.9 Å². The summed E-state index contributed by atoms with van der Waals surface area (Å²) in [6.07, 6.45) is 3.54. The van der Waals surface area contributed by atoms with Crippen LogP contribution in [0.15, 0.2) is 60.3 Å². The number of rotatable bonds is 11. The summed E-state index contributed by atoms with van der Waals surface area (Å²) in [5.74, 6) is -1.18. The fourth-order valence-corrected chi connectivity index (χ4v) is 6.29. The Morgan fingerprint density at radius 1 is 1.00 bits per heavy atom. The summed E-state index contributed by atoms with van der Waals surface area (Å²) in [5.41, 5.74) is 2.63. The number of hydrogen-bond acceptors (Lipinski definition) is 6. The van der Waals surface area contributed by atoms with Crippen LogP contribution in [0.4, 0.5) is 13.2 Å². The van der Waals surface area contributed by atoms with Gasteiger partial charge in [0.1, 0.15) is 41.0 Å². The van der Waals surface area contributed by atoms with Crippen LogP contribution in [0.1, 0.15) is 89.2 Å². The zero-order valence-electron chi connectivity index (χ0n) is 27.5. The molecule has 6 nitrogen and oxygen atoms in total. The molecule has 1 aromatic heterocycles. The molecule has 0 saturated carbocycles. The number of aromatic nitrogens is 1. The van der Waals surface area contributed by atoms with E-state index in [0.29, 0.717) is 37.3 Å². The van der Waals surface area contributed by atoms with Gasteiger partial charge in [-0.3, -0.25) is 14.7 Å². The molecule has 0 bridgehead atoms. The number of carbonyl (C=O) groups excluding carboxylic acids is 1. The molecule has 5 rings (SSSR count). The lowest BCUT2D eigenvalue weighted by Crippen LogP contribution is -2.47. The number of benzene rings is 2. The van der Waals surface area contributed by atoms with Crippen molar-refractivity contribution in [1.29, 1.82) is 0 Å². The Hall–Kier alpha value is -3.85. The van der Waals surface area contributed by atoms with E-state index in [0.717, 1.165) is 22.3 Å². The summed E-state index contributed by atoms with van der Waals surface area (Å²) in [4.78, 5) is 18.1. The third-order valence-corrected chi connectivity index (χ3v) is 8.12. The van der Waals surface area contributed by atoms with E-state index in [1.54, 1.807) is 12.1 Å². The van der Waals surface area contributed by atoms with Gasteiger partial charge in [0.15, 0.2) is 0 Å². The molecule has 2 aliphatic rings. The van der Waals surface area contributed by atoms with Crippen LogP contribution in [0.2, 0.25) is 0 Å². The highest BCUT2D eigenvalue weighted by Gasteiger charge is 2.43. The van der Waals surface area contributed by atoms with Gasteiger partial charge < -0.3 is 14.2 Å². The maximum Gasteiger partial charge on any atom is 0.306 e. The molecule has 1 aliphatic carbocycles. The first-order valence-electron chi connectivity index (χ1n) is 15.8. The van der Waals surface area contributed by atoms with Gasteiger partial charge in [0, 0.05) is 36.7 Å². The zero-order valence-corrected chi connectivity index (χ0v) is 27.5. The first kappa shape index (κ1) is 33.5. The normalized spacial score (nSPS) is 18.3. The molecular weight excluding hydrogens is 593 g/mol. The van der Waals surface area contributed by atoms with Gasteiger partial charge in [-0.25, -0.2) is 13.2 Å². The van der Waals surface area contributed by atoms with Crippen LogP contribution in [0.5, 0.6) is 11.5 Å². The molecule has 0 amide bonds. The summed E-state index contributed by atoms with van der Waals surface area (Å²) in [6.45, 7) is 10.8. The van der Waals surface area contributed by atoms with Crippen LogP contribution in [0, 0.1) is 11.6 Å². The molecule has 0 unspecified atom stereocenters. The maximum atomic E-state index is 15.9. The molecule has 0 spiro atoms. The first-order chi connectivity index (χ1) is 21.7. The number of esters is 1. The molecule has 0 saturated heterocycles. The van der Waals surface area contributed by atoms with Gasteiger partial charge in [0.05, 0.1) is 24.5 Å². The molecule has 2 heterocycles. The molecule has 2 atom stereocenters. The second kappa shape index (κ2) is 13.5. The highest BCUT2D eigenvalue weighted by Crippen LogP contribution is 2.50. The Balaban J connectivity index is 1.27. The predicted molar refractivity (Wildman–Crippen MR) is 171 cm³/mol. The second-order valence-corrected chi connectivity index (χ2v) is 13.8. The number of halogens is 3. The molecule has 9 heteroatoms. The molecule has 0 fully saturated rings. The molecule has 3 aromatic rings. The fourth-order valence-electron chi connectivity index (χ4n) is 6.29. The lowest BCUT2D eigenvalue weighted by atomic mass is 9.84. The number of alkyl halides is 1. The smallest absolute Gasteiger partial charge is 0.306 e. The number of nitrogens with zero attached hydrogens (tertiary/aromatic N) is 2. The van der Waals surface area contributed by atoms with Crippen molar-refractivity contribution in [2.24, 2.45) is 0 Å². The Morgan fingerprint density at radius 2 is 1.72 bits per heavy atom. The van der Waals surface area contributed by atoms with E-state index in [9.17, 15) is 4.79 Å². The number of ether oxygens (including phenoxy) is 3. The van der Waals surface area contributed by atoms with Gasteiger partial charge >= 0.3 is 5.97 Å².